The molecule has 0 aromatic heterocycles. The predicted octanol–water partition coefficient (Wildman–Crippen LogP) is 0.178. The lowest BCUT2D eigenvalue weighted by Gasteiger charge is -2.27. The van der Waals surface area contributed by atoms with E-state index in [-0.39, 0.29) is 17.8 Å². The van der Waals surface area contributed by atoms with Gasteiger partial charge in [0.1, 0.15) is 0 Å². The van der Waals surface area contributed by atoms with E-state index in [1.54, 1.807) is 0 Å². The Kier molecular flexibility index (Phi) is 2.40. The Balaban J connectivity index is 2.96. The molecule has 1 aliphatic rings. The summed E-state index contributed by atoms with van der Waals surface area (Å²) in [6.07, 6.45) is 2.07. The van der Waals surface area contributed by atoms with Crippen molar-refractivity contribution in [1.29, 1.82) is 0 Å². The van der Waals surface area contributed by atoms with Crippen LogP contribution in [0.2, 0.25) is 0 Å². The second-order valence-corrected chi connectivity index (χ2v) is 2.71. The molecule has 5 heteroatoms. The van der Waals surface area contributed by atoms with E-state index in [1.807, 2.05) is 0 Å². The molecule has 0 aromatic carbocycles. The molecule has 72 valence electrons. The monoisotopic (exact) mass is 186 g/mol. The third kappa shape index (κ3) is 1.71. The summed E-state index contributed by atoms with van der Waals surface area (Å²) in [6, 6.07) is 0. The van der Waals surface area contributed by atoms with Gasteiger partial charge in [-0.1, -0.05) is 0 Å². The fraction of sp³-hybridized carbons (Fsp3) is 0.375. The number of aliphatic hydroxyl groups is 2. The van der Waals surface area contributed by atoms with Gasteiger partial charge in [0.2, 0.25) is 5.79 Å². The molecular weight excluding hydrogens is 176 g/mol. The minimum atomic E-state index is -1.90. The third-order valence-electron chi connectivity index (χ3n) is 1.89. The Labute approximate surface area is 74.6 Å². The molecule has 1 atom stereocenters. The van der Waals surface area contributed by atoms with Gasteiger partial charge in [-0.2, -0.15) is 0 Å². The van der Waals surface area contributed by atoms with E-state index < -0.39 is 11.8 Å². The molecule has 0 radical (unpaired) electrons. The summed E-state index contributed by atoms with van der Waals surface area (Å²) >= 11 is 0. The number of rotatable bonds is 2. The van der Waals surface area contributed by atoms with Gasteiger partial charge in [-0.05, 0) is 12.2 Å². The number of aliphatic carboxylic acids is 1. The molecular formula is C8H10O5. The lowest BCUT2D eigenvalue weighted by atomic mass is 9.98. The lowest BCUT2D eigenvalue weighted by Crippen LogP contribution is -2.36. The van der Waals surface area contributed by atoms with Crippen molar-refractivity contribution in [2.75, 3.05) is 7.11 Å². The van der Waals surface area contributed by atoms with E-state index in [4.69, 9.17) is 5.11 Å². The number of carboxylic acids is 1. The fourth-order valence-electron chi connectivity index (χ4n) is 1.04. The maximum Gasteiger partial charge on any atom is 0.331 e. The van der Waals surface area contributed by atoms with Crippen molar-refractivity contribution in [2.45, 2.75) is 12.2 Å². The number of carboxylic acid groups (broad SMARTS) is 1. The number of allylic oxidation sites excluding steroid dienone is 2. The molecule has 0 saturated carbocycles. The molecule has 0 heterocycles. The first-order chi connectivity index (χ1) is 5.99. The molecule has 1 aliphatic carbocycles. The highest BCUT2D eigenvalue weighted by Crippen LogP contribution is 2.28. The van der Waals surface area contributed by atoms with E-state index >= 15 is 0 Å². The van der Waals surface area contributed by atoms with E-state index in [1.165, 1.54) is 13.2 Å². The highest BCUT2D eigenvalue weighted by molar-refractivity contribution is 5.87. The Bertz CT molecular complexity index is 291. The molecule has 0 bridgehead atoms. The highest BCUT2D eigenvalue weighted by Gasteiger charge is 2.36. The molecule has 0 saturated heterocycles. The zero-order valence-electron chi connectivity index (χ0n) is 7.02. The minimum absolute atomic E-state index is 0.0119. The zero-order valence-corrected chi connectivity index (χ0v) is 7.02. The van der Waals surface area contributed by atoms with Crippen LogP contribution in [0.1, 0.15) is 6.42 Å². The average Bonchev–Trinajstić information content (AvgIpc) is 2.09. The molecule has 1 unspecified atom stereocenters. The molecule has 0 aliphatic heterocycles. The lowest BCUT2D eigenvalue weighted by molar-refractivity contribution is -0.177. The van der Waals surface area contributed by atoms with E-state index in [9.17, 15) is 15.0 Å². The largest absolute Gasteiger partial charge is 0.507 e. The summed E-state index contributed by atoms with van der Waals surface area (Å²) in [7, 11) is 1.19. The van der Waals surface area contributed by atoms with Crippen LogP contribution >= 0.6 is 0 Å². The van der Waals surface area contributed by atoms with Gasteiger partial charge in [-0.25, -0.2) is 4.79 Å². The maximum absolute atomic E-state index is 10.5. The van der Waals surface area contributed by atoms with Crippen LogP contribution in [-0.2, 0) is 9.53 Å². The third-order valence-corrected chi connectivity index (χ3v) is 1.89. The maximum atomic E-state index is 10.5. The topological polar surface area (TPSA) is 87.0 Å². The van der Waals surface area contributed by atoms with Crippen LogP contribution in [-0.4, -0.2) is 34.2 Å². The van der Waals surface area contributed by atoms with E-state index in [2.05, 4.69) is 4.74 Å². The van der Waals surface area contributed by atoms with Crippen LogP contribution in [0.4, 0.5) is 0 Å². The Morgan fingerprint density at radius 2 is 2.23 bits per heavy atom. The second kappa shape index (κ2) is 3.20. The smallest absolute Gasteiger partial charge is 0.331 e. The number of carbonyl (C=O) groups is 1. The molecule has 0 spiro atoms. The standard InChI is InChI=1S/C8H10O5/c1-13-8(12)4-5(7(10)11)2-3-6(8)9/h2-3,9,12H,4H2,1H3,(H,10,11). The van der Waals surface area contributed by atoms with Gasteiger partial charge < -0.3 is 20.1 Å². The summed E-state index contributed by atoms with van der Waals surface area (Å²) in [6.45, 7) is 0. The van der Waals surface area contributed by atoms with Gasteiger partial charge in [0.25, 0.3) is 0 Å². The van der Waals surface area contributed by atoms with Crippen molar-refractivity contribution in [3.8, 4) is 0 Å². The molecule has 0 aromatic rings. The predicted molar refractivity (Wildman–Crippen MR) is 43.0 cm³/mol. The van der Waals surface area contributed by atoms with Gasteiger partial charge in [-0.3, -0.25) is 0 Å². The molecule has 0 amide bonds. The Morgan fingerprint density at radius 1 is 1.62 bits per heavy atom. The first kappa shape index (κ1) is 9.76. The summed E-state index contributed by atoms with van der Waals surface area (Å²) in [5, 5.41) is 27.3. The zero-order chi connectivity index (χ0) is 10.1. The number of hydrogen-bond donors (Lipinski definition) is 3. The van der Waals surface area contributed by atoms with Crippen LogP contribution in [0.25, 0.3) is 0 Å². The van der Waals surface area contributed by atoms with Crippen LogP contribution in [0.15, 0.2) is 23.5 Å². The summed E-state index contributed by atoms with van der Waals surface area (Å²) < 4.78 is 4.60. The van der Waals surface area contributed by atoms with Crippen molar-refractivity contribution < 1.29 is 24.9 Å². The van der Waals surface area contributed by atoms with Crippen molar-refractivity contribution in [1.82, 2.24) is 0 Å². The minimum Gasteiger partial charge on any atom is -0.507 e. The first-order valence-corrected chi connectivity index (χ1v) is 3.61. The Hall–Kier alpha value is -1.33. The van der Waals surface area contributed by atoms with Gasteiger partial charge in [-0.15, -0.1) is 0 Å². The molecule has 13 heavy (non-hydrogen) atoms. The summed E-state index contributed by atoms with van der Waals surface area (Å²) in [5.74, 6) is -3.43. The number of ether oxygens (including phenoxy) is 1. The van der Waals surface area contributed by atoms with Gasteiger partial charge >= 0.3 is 5.97 Å². The van der Waals surface area contributed by atoms with Crippen molar-refractivity contribution >= 4 is 5.97 Å². The number of methoxy groups -OCH3 is 1. The molecule has 0 fully saturated rings. The summed E-state index contributed by atoms with van der Waals surface area (Å²) in [5.41, 5.74) is -0.0119. The van der Waals surface area contributed by atoms with Gasteiger partial charge in [0.15, 0.2) is 5.76 Å². The van der Waals surface area contributed by atoms with E-state index in [0.717, 1.165) is 6.08 Å². The van der Waals surface area contributed by atoms with Crippen molar-refractivity contribution in [3.05, 3.63) is 23.5 Å². The fourth-order valence-corrected chi connectivity index (χ4v) is 1.04. The number of hydrogen-bond acceptors (Lipinski definition) is 4. The van der Waals surface area contributed by atoms with Crippen LogP contribution < -0.4 is 0 Å². The highest BCUT2D eigenvalue weighted by atomic mass is 16.6. The summed E-state index contributed by atoms with van der Waals surface area (Å²) in [4.78, 5) is 10.5. The van der Waals surface area contributed by atoms with Crippen molar-refractivity contribution in [2.24, 2.45) is 0 Å². The normalized spacial score (nSPS) is 27.8. The second-order valence-electron chi connectivity index (χ2n) is 2.71. The van der Waals surface area contributed by atoms with Gasteiger partial charge in [0.05, 0.1) is 0 Å². The Morgan fingerprint density at radius 3 is 2.69 bits per heavy atom. The number of aliphatic hydroxyl groups excluding tert-OH is 1. The van der Waals surface area contributed by atoms with Crippen LogP contribution in [0.5, 0.6) is 0 Å². The first-order valence-electron chi connectivity index (χ1n) is 3.61. The SMILES string of the molecule is COC1(O)CC(C(=O)O)=CC=C1O. The van der Waals surface area contributed by atoms with Crippen LogP contribution in [0, 0.1) is 0 Å². The van der Waals surface area contributed by atoms with Gasteiger partial charge in [0, 0.05) is 19.1 Å². The quantitative estimate of drug-likeness (QED) is 0.535. The van der Waals surface area contributed by atoms with Crippen LogP contribution in [0.3, 0.4) is 0 Å². The molecule has 5 nitrogen and oxygen atoms in total. The van der Waals surface area contributed by atoms with Crippen molar-refractivity contribution in [3.63, 3.8) is 0 Å². The molecule has 3 N–H and O–H groups in total. The van der Waals surface area contributed by atoms with E-state index in [0.29, 0.717) is 0 Å². The average molecular weight is 186 g/mol. The molecule has 1 rings (SSSR count).